The molecule has 0 fully saturated rings. The molecule has 0 aliphatic carbocycles. The van der Waals surface area contributed by atoms with Crippen LogP contribution in [0.25, 0.3) is 5.69 Å². The highest BCUT2D eigenvalue weighted by molar-refractivity contribution is 7.10. The number of rotatable bonds is 6. The minimum Gasteiger partial charge on any atom is -0.497 e. The molecule has 2 aromatic carbocycles. The summed E-state index contributed by atoms with van der Waals surface area (Å²) in [6.07, 6.45) is 0. The van der Waals surface area contributed by atoms with Crippen LogP contribution in [0.3, 0.4) is 0 Å². The van der Waals surface area contributed by atoms with E-state index in [0.29, 0.717) is 16.5 Å². The normalized spacial score (nSPS) is 11.8. The van der Waals surface area contributed by atoms with Crippen molar-refractivity contribution in [3.8, 4) is 11.4 Å². The summed E-state index contributed by atoms with van der Waals surface area (Å²) in [6.45, 7) is 1.82. The number of hydrogen-bond donors (Lipinski definition) is 1. The second kappa shape index (κ2) is 8.69. The summed E-state index contributed by atoms with van der Waals surface area (Å²) in [5.41, 5.74) is 2.62. The lowest BCUT2D eigenvalue weighted by atomic mass is 10.1. The van der Waals surface area contributed by atoms with Crippen LogP contribution in [0.5, 0.6) is 5.75 Å². The van der Waals surface area contributed by atoms with Crippen molar-refractivity contribution in [1.29, 1.82) is 0 Å². The standard InChI is InChI=1S/C22H19ClN4O2S/c1-14-20(25-26-27(14)17-5-3-6-18(13-17)29-2)22(28)24-21(19-7-4-12-30-19)15-8-10-16(23)11-9-15/h3-13,21H,1-2H3,(H,24,28). The first-order valence-electron chi connectivity index (χ1n) is 9.23. The van der Waals surface area contributed by atoms with Gasteiger partial charge in [-0.3, -0.25) is 4.79 Å². The van der Waals surface area contributed by atoms with Crippen molar-refractivity contribution in [2.75, 3.05) is 7.11 Å². The molecule has 1 N–H and O–H groups in total. The van der Waals surface area contributed by atoms with Crippen LogP contribution in [0.15, 0.2) is 66.0 Å². The molecule has 0 bridgehead atoms. The molecule has 30 heavy (non-hydrogen) atoms. The zero-order valence-corrected chi connectivity index (χ0v) is 17.9. The zero-order valence-electron chi connectivity index (χ0n) is 16.4. The molecule has 0 saturated heterocycles. The Morgan fingerprint density at radius 1 is 1.17 bits per heavy atom. The highest BCUT2D eigenvalue weighted by Crippen LogP contribution is 2.28. The van der Waals surface area contributed by atoms with Gasteiger partial charge in [-0.15, -0.1) is 16.4 Å². The van der Waals surface area contributed by atoms with Crippen LogP contribution >= 0.6 is 22.9 Å². The Hall–Kier alpha value is -3.16. The molecule has 0 spiro atoms. The van der Waals surface area contributed by atoms with Crippen LogP contribution in [0.4, 0.5) is 0 Å². The molecule has 6 nitrogen and oxygen atoms in total. The van der Waals surface area contributed by atoms with Gasteiger partial charge >= 0.3 is 0 Å². The van der Waals surface area contributed by atoms with Gasteiger partial charge < -0.3 is 10.1 Å². The molecular formula is C22H19ClN4O2S. The van der Waals surface area contributed by atoms with E-state index >= 15 is 0 Å². The van der Waals surface area contributed by atoms with E-state index in [1.54, 1.807) is 23.1 Å². The highest BCUT2D eigenvalue weighted by atomic mass is 35.5. The van der Waals surface area contributed by atoms with E-state index in [2.05, 4.69) is 15.6 Å². The van der Waals surface area contributed by atoms with Crippen LogP contribution in [0.2, 0.25) is 5.02 Å². The number of benzene rings is 2. The van der Waals surface area contributed by atoms with E-state index in [4.69, 9.17) is 16.3 Å². The molecule has 1 unspecified atom stereocenters. The van der Waals surface area contributed by atoms with Gasteiger partial charge in [-0.25, -0.2) is 4.68 Å². The second-order valence-electron chi connectivity index (χ2n) is 6.61. The van der Waals surface area contributed by atoms with Crippen LogP contribution in [-0.2, 0) is 0 Å². The molecule has 0 aliphatic heterocycles. The van der Waals surface area contributed by atoms with Crippen molar-refractivity contribution in [3.63, 3.8) is 0 Å². The van der Waals surface area contributed by atoms with Gasteiger partial charge in [0, 0.05) is 16.0 Å². The number of ether oxygens (including phenoxy) is 1. The van der Waals surface area contributed by atoms with E-state index in [1.807, 2.05) is 73.0 Å². The first kappa shape index (κ1) is 20.1. The monoisotopic (exact) mass is 438 g/mol. The van der Waals surface area contributed by atoms with Gasteiger partial charge in [-0.05, 0) is 48.2 Å². The van der Waals surface area contributed by atoms with Crippen LogP contribution in [0.1, 0.15) is 32.7 Å². The van der Waals surface area contributed by atoms with Gasteiger partial charge in [-0.2, -0.15) is 0 Å². The Morgan fingerprint density at radius 2 is 1.97 bits per heavy atom. The van der Waals surface area contributed by atoms with Gasteiger partial charge in [0.2, 0.25) is 0 Å². The van der Waals surface area contributed by atoms with E-state index in [0.717, 1.165) is 16.1 Å². The van der Waals surface area contributed by atoms with Gasteiger partial charge in [0.15, 0.2) is 5.69 Å². The van der Waals surface area contributed by atoms with Crippen LogP contribution < -0.4 is 10.1 Å². The second-order valence-corrected chi connectivity index (χ2v) is 8.03. The molecule has 0 saturated carbocycles. The van der Waals surface area contributed by atoms with Crippen molar-refractivity contribution >= 4 is 28.8 Å². The van der Waals surface area contributed by atoms with Gasteiger partial charge in [0.1, 0.15) is 5.75 Å². The quantitative estimate of drug-likeness (QED) is 0.468. The maximum absolute atomic E-state index is 13.1. The summed E-state index contributed by atoms with van der Waals surface area (Å²) in [6, 6.07) is 18.5. The summed E-state index contributed by atoms with van der Waals surface area (Å²) >= 11 is 7.61. The number of nitrogens with zero attached hydrogens (tertiary/aromatic N) is 3. The molecule has 1 atom stereocenters. The summed E-state index contributed by atoms with van der Waals surface area (Å²) in [5.74, 6) is 0.406. The number of carbonyl (C=O) groups is 1. The fourth-order valence-corrected chi connectivity index (χ4v) is 4.08. The average Bonchev–Trinajstić information content (AvgIpc) is 3.43. The molecular weight excluding hydrogens is 420 g/mol. The predicted octanol–water partition coefficient (Wildman–Crippen LogP) is 4.82. The molecule has 2 aromatic heterocycles. The molecule has 4 aromatic rings. The largest absolute Gasteiger partial charge is 0.497 e. The Morgan fingerprint density at radius 3 is 2.67 bits per heavy atom. The first-order valence-corrected chi connectivity index (χ1v) is 10.5. The number of carbonyl (C=O) groups excluding carboxylic acids is 1. The van der Waals surface area contributed by atoms with Crippen molar-refractivity contribution in [3.05, 3.63) is 92.9 Å². The average molecular weight is 439 g/mol. The molecule has 0 radical (unpaired) electrons. The van der Waals surface area contributed by atoms with Gasteiger partial charge in [0.25, 0.3) is 5.91 Å². The Kier molecular flexibility index (Phi) is 5.83. The first-order chi connectivity index (χ1) is 14.6. The summed E-state index contributed by atoms with van der Waals surface area (Å²) < 4.78 is 6.90. The summed E-state index contributed by atoms with van der Waals surface area (Å²) in [5, 5.41) is 14.0. The van der Waals surface area contributed by atoms with E-state index in [1.165, 1.54) is 0 Å². The fraction of sp³-hybridized carbons (Fsp3) is 0.136. The molecule has 152 valence electrons. The molecule has 2 heterocycles. The van der Waals surface area contributed by atoms with E-state index in [9.17, 15) is 4.79 Å². The number of nitrogens with one attached hydrogen (secondary N) is 1. The molecule has 0 aliphatic rings. The zero-order chi connectivity index (χ0) is 21.1. The lowest BCUT2D eigenvalue weighted by molar-refractivity contribution is 0.0937. The number of hydrogen-bond acceptors (Lipinski definition) is 5. The number of amides is 1. The van der Waals surface area contributed by atoms with Gasteiger partial charge in [0.05, 0.1) is 24.5 Å². The Balaban J connectivity index is 1.63. The van der Waals surface area contributed by atoms with Crippen molar-refractivity contribution in [2.45, 2.75) is 13.0 Å². The molecule has 1 amide bonds. The molecule has 4 rings (SSSR count). The van der Waals surface area contributed by atoms with E-state index in [-0.39, 0.29) is 17.6 Å². The number of methoxy groups -OCH3 is 1. The smallest absolute Gasteiger partial charge is 0.274 e. The van der Waals surface area contributed by atoms with Crippen LogP contribution in [-0.4, -0.2) is 28.0 Å². The third-order valence-electron chi connectivity index (χ3n) is 4.71. The SMILES string of the molecule is COc1cccc(-n2nnc(C(=O)NC(c3ccc(Cl)cc3)c3cccs3)c2C)c1. The minimum absolute atomic E-state index is 0.272. The maximum Gasteiger partial charge on any atom is 0.274 e. The summed E-state index contributed by atoms with van der Waals surface area (Å²) in [7, 11) is 1.60. The topological polar surface area (TPSA) is 69.0 Å². The third-order valence-corrected chi connectivity index (χ3v) is 5.90. The molecule has 8 heteroatoms. The number of thiophene rings is 1. The van der Waals surface area contributed by atoms with Crippen molar-refractivity contribution in [2.24, 2.45) is 0 Å². The number of halogens is 1. The highest BCUT2D eigenvalue weighted by Gasteiger charge is 2.23. The van der Waals surface area contributed by atoms with E-state index < -0.39 is 0 Å². The Labute approximate surface area is 183 Å². The predicted molar refractivity (Wildman–Crippen MR) is 118 cm³/mol. The Bertz CT molecular complexity index is 1160. The fourth-order valence-electron chi connectivity index (χ4n) is 3.16. The van der Waals surface area contributed by atoms with Crippen molar-refractivity contribution < 1.29 is 9.53 Å². The summed E-state index contributed by atoms with van der Waals surface area (Å²) in [4.78, 5) is 14.1. The minimum atomic E-state index is -0.309. The third kappa shape index (κ3) is 4.08. The maximum atomic E-state index is 13.1. The lowest BCUT2D eigenvalue weighted by Gasteiger charge is -2.18. The van der Waals surface area contributed by atoms with Gasteiger partial charge in [-0.1, -0.05) is 41.1 Å². The lowest BCUT2D eigenvalue weighted by Crippen LogP contribution is -2.29. The van der Waals surface area contributed by atoms with Crippen molar-refractivity contribution in [1.82, 2.24) is 20.3 Å². The van der Waals surface area contributed by atoms with Crippen LogP contribution in [0, 0.1) is 6.92 Å². The number of aromatic nitrogens is 3.